The van der Waals surface area contributed by atoms with Gasteiger partial charge in [-0.15, -0.1) is 15.3 Å². The molecule has 0 fully saturated rings. The first-order valence-electron chi connectivity index (χ1n) is 9.00. The van der Waals surface area contributed by atoms with Crippen molar-refractivity contribution in [3.63, 3.8) is 0 Å². The van der Waals surface area contributed by atoms with Gasteiger partial charge in [0, 0.05) is 18.6 Å². The fourth-order valence-corrected chi connectivity index (χ4v) is 2.66. The van der Waals surface area contributed by atoms with Gasteiger partial charge in [-0.1, -0.05) is 6.92 Å². The largest absolute Gasteiger partial charge is 0.497 e. The fraction of sp³-hybridized carbons (Fsp3) is 0.368. The number of fused-ring (bicyclic) bond motifs is 1. The Morgan fingerprint density at radius 1 is 1.14 bits per heavy atom. The first kappa shape index (κ1) is 19.4. The highest BCUT2D eigenvalue weighted by Gasteiger charge is 2.15. The number of benzene rings is 1. The summed E-state index contributed by atoms with van der Waals surface area (Å²) < 4.78 is 17.9. The van der Waals surface area contributed by atoms with E-state index >= 15 is 0 Å². The van der Waals surface area contributed by atoms with Gasteiger partial charge < -0.3 is 19.5 Å². The molecule has 0 saturated heterocycles. The van der Waals surface area contributed by atoms with E-state index in [1.54, 1.807) is 36.9 Å². The Hall–Kier alpha value is -3.36. The van der Waals surface area contributed by atoms with E-state index in [4.69, 9.17) is 14.2 Å². The predicted molar refractivity (Wildman–Crippen MR) is 103 cm³/mol. The Morgan fingerprint density at radius 3 is 2.75 bits per heavy atom. The minimum Gasteiger partial charge on any atom is -0.497 e. The molecule has 0 aliphatic rings. The monoisotopic (exact) mass is 385 g/mol. The first-order valence-corrected chi connectivity index (χ1v) is 9.00. The zero-order valence-electron chi connectivity index (χ0n) is 16.1. The highest BCUT2D eigenvalue weighted by Crippen LogP contribution is 2.32. The number of ether oxygens (including phenoxy) is 3. The van der Waals surface area contributed by atoms with E-state index in [1.807, 2.05) is 19.1 Å². The van der Waals surface area contributed by atoms with Crippen LogP contribution in [0.25, 0.3) is 17.0 Å². The SMILES string of the molecule is CCCC(=O)NCCOc1ccc2nnc(-c3ccc(OC)cc3OC)n2n1. The molecule has 9 heteroatoms. The molecule has 0 atom stereocenters. The molecule has 1 aromatic carbocycles. The van der Waals surface area contributed by atoms with Crippen molar-refractivity contribution in [1.82, 2.24) is 25.1 Å². The van der Waals surface area contributed by atoms with E-state index in [9.17, 15) is 4.79 Å². The third-order valence-electron chi connectivity index (χ3n) is 4.04. The molecular formula is C19H23N5O4. The average Bonchev–Trinajstić information content (AvgIpc) is 3.14. The second kappa shape index (κ2) is 9.03. The number of carbonyl (C=O) groups is 1. The van der Waals surface area contributed by atoms with Crippen LogP contribution in [0.5, 0.6) is 17.4 Å². The zero-order valence-corrected chi connectivity index (χ0v) is 16.1. The molecule has 9 nitrogen and oxygen atoms in total. The van der Waals surface area contributed by atoms with Gasteiger partial charge in [0.25, 0.3) is 0 Å². The van der Waals surface area contributed by atoms with Gasteiger partial charge in [0.05, 0.1) is 26.3 Å². The van der Waals surface area contributed by atoms with Gasteiger partial charge in [-0.2, -0.15) is 4.52 Å². The number of hydrogen-bond donors (Lipinski definition) is 1. The lowest BCUT2D eigenvalue weighted by Crippen LogP contribution is -2.27. The molecule has 1 amide bonds. The van der Waals surface area contributed by atoms with Crippen molar-refractivity contribution in [1.29, 1.82) is 0 Å². The highest BCUT2D eigenvalue weighted by atomic mass is 16.5. The lowest BCUT2D eigenvalue weighted by molar-refractivity contribution is -0.121. The fourth-order valence-electron chi connectivity index (χ4n) is 2.66. The minimum atomic E-state index is 0.0159. The van der Waals surface area contributed by atoms with Gasteiger partial charge in [-0.3, -0.25) is 4.79 Å². The van der Waals surface area contributed by atoms with Gasteiger partial charge in [-0.05, 0) is 24.6 Å². The Labute approximate surface area is 162 Å². The van der Waals surface area contributed by atoms with Crippen molar-refractivity contribution in [3.05, 3.63) is 30.3 Å². The average molecular weight is 385 g/mol. The number of nitrogens with one attached hydrogen (secondary N) is 1. The molecule has 3 aromatic rings. The van der Waals surface area contributed by atoms with Crippen LogP contribution in [0.2, 0.25) is 0 Å². The number of methoxy groups -OCH3 is 2. The van der Waals surface area contributed by atoms with Crippen LogP contribution in [-0.2, 0) is 4.79 Å². The second-order valence-corrected chi connectivity index (χ2v) is 5.98. The molecule has 0 saturated carbocycles. The summed E-state index contributed by atoms with van der Waals surface area (Å²) in [6.07, 6.45) is 1.33. The number of aromatic nitrogens is 4. The molecular weight excluding hydrogens is 362 g/mol. The van der Waals surface area contributed by atoms with Crippen molar-refractivity contribution < 1.29 is 19.0 Å². The summed E-state index contributed by atoms with van der Waals surface area (Å²) in [5.74, 6) is 2.22. The predicted octanol–water partition coefficient (Wildman–Crippen LogP) is 2.10. The van der Waals surface area contributed by atoms with Crippen LogP contribution in [0.3, 0.4) is 0 Å². The van der Waals surface area contributed by atoms with Crippen LogP contribution < -0.4 is 19.5 Å². The standard InChI is InChI=1S/C19H23N5O4/c1-4-5-17(25)20-10-11-28-18-9-8-16-21-22-19(24(16)23-18)14-7-6-13(26-2)12-15(14)27-3/h6-9,12H,4-5,10-11H2,1-3H3,(H,20,25). The molecule has 2 heterocycles. The molecule has 3 rings (SSSR count). The third-order valence-corrected chi connectivity index (χ3v) is 4.04. The number of amides is 1. The number of nitrogens with zero attached hydrogens (tertiary/aromatic N) is 4. The molecule has 0 unspecified atom stereocenters. The lowest BCUT2D eigenvalue weighted by atomic mass is 10.2. The summed E-state index contributed by atoms with van der Waals surface area (Å²) in [4.78, 5) is 11.5. The number of rotatable bonds is 9. The second-order valence-electron chi connectivity index (χ2n) is 5.98. The molecule has 0 spiro atoms. The zero-order chi connectivity index (χ0) is 19.9. The van der Waals surface area contributed by atoms with Crippen LogP contribution in [0.4, 0.5) is 0 Å². The van der Waals surface area contributed by atoms with E-state index in [-0.39, 0.29) is 5.91 Å². The molecule has 28 heavy (non-hydrogen) atoms. The first-order chi connectivity index (χ1) is 13.7. The molecule has 148 valence electrons. The van der Waals surface area contributed by atoms with E-state index in [2.05, 4.69) is 20.6 Å². The van der Waals surface area contributed by atoms with Crippen molar-refractivity contribution in [3.8, 4) is 28.8 Å². The molecule has 0 bridgehead atoms. The smallest absolute Gasteiger partial charge is 0.231 e. The van der Waals surface area contributed by atoms with Crippen molar-refractivity contribution in [2.75, 3.05) is 27.4 Å². The van der Waals surface area contributed by atoms with Crippen LogP contribution in [-0.4, -0.2) is 53.1 Å². The van der Waals surface area contributed by atoms with Crippen molar-refractivity contribution in [2.45, 2.75) is 19.8 Å². The van der Waals surface area contributed by atoms with E-state index in [1.165, 1.54) is 0 Å². The Morgan fingerprint density at radius 2 is 2.00 bits per heavy atom. The summed E-state index contributed by atoms with van der Waals surface area (Å²) in [5, 5.41) is 15.6. The van der Waals surface area contributed by atoms with Gasteiger partial charge in [0.15, 0.2) is 11.5 Å². The van der Waals surface area contributed by atoms with E-state index in [0.717, 1.165) is 12.0 Å². The summed E-state index contributed by atoms with van der Waals surface area (Å²) in [5.41, 5.74) is 1.31. The molecule has 0 aliphatic carbocycles. The Kier molecular flexibility index (Phi) is 6.25. The van der Waals surface area contributed by atoms with E-state index in [0.29, 0.717) is 48.4 Å². The number of carbonyl (C=O) groups excluding carboxylic acids is 1. The summed E-state index contributed by atoms with van der Waals surface area (Å²) in [6, 6.07) is 8.91. The van der Waals surface area contributed by atoms with Crippen molar-refractivity contribution >= 4 is 11.6 Å². The lowest BCUT2D eigenvalue weighted by Gasteiger charge is -2.10. The van der Waals surface area contributed by atoms with Crippen LogP contribution >= 0.6 is 0 Å². The van der Waals surface area contributed by atoms with Crippen molar-refractivity contribution in [2.24, 2.45) is 0 Å². The van der Waals surface area contributed by atoms with Gasteiger partial charge >= 0.3 is 0 Å². The van der Waals surface area contributed by atoms with Crippen LogP contribution in [0.15, 0.2) is 30.3 Å². The van der Waals surface area contributed by atoms with Crippen LogP contribution in [0.1, 0.15) is 19.8 Å². The normalized spacial score (nSPS) is 10.7. The Balaban J connectivity index is 1.79. The topological polar surface area (TPSA) is 99.9 Å². The van der Waals surface area contributed by atoms with E-state index < -0.39 is 0 Å². The highest BCUT2D eigenvalue weighted by molar-refractivity contribution is 5.75. The third kappa shape index (κ3) is 4.30. The molecule has 2 aromatic heterocycles. The summed E-state index contributed by atoms with van der Waals surface area (Å²) in [6.45, 7) is 2.70. The Bertz CT molecular complexity index is 957. The van der Waals surface area contributed by atoms with Crippen LogP contribution in [0, 0.1) is 0 Å². The molecule has 0 aliphatic heterocycles. The van der Waals surface area contributed by atoms with Gasteiger partial charge in [0.1, 0.15) is 18.1 Å². The maximum atomic E-state index is 11.5. The summed E-state index contributed by atoms with van der Waals surface area (Å²) in [7, 11) is 3.17. The number of hydrogen-bond acceptors (Lipinski definition) is 7. The maximum Gasteiger partial charge on any atom is 0.231 e. The molecule has 1 N–H and O–H groups in total. The van der Waals surface area contributed by atoms with Gasteiger partial charge in [0.2, 0.25) is 11.8 Å². The maximum absolute atomic E-state index is 11.5. The minimum absolute atomic E-state index is 0.0159. The molecule has 0 radical (unpaired) electrons. The quantitative estimate of drug-likeness (QED) is 0.563. The van der Waals surface area contributed by atoms with Gasteiger partial charge in [-0.25, -0.2) is 0 Å². The summed E-state index contributed by atoms with van der Waals surface area (Å²) >= 11 is 0.